The number of aryl methyl sites for hydroxylation is 3. The minimum atomic E-state index is -3.54. The van der Waals surface area contributed by atoms with E-state index in [1.807, 2.05) is 31.4 Å². The van der Waals surface area contributed by atoms with E-state index in [1.54, 1.807) is 29.5 Å². The molecular formula is C19H23N3O4S2. The highest BCUT2D eigenvalue weighted by atomic mass is 32.2. The molecule has 0 aliphatic heterocycles. The van der Waals surface area contributed by atoms with Gasteiger partial charge in [0, 0.05) is 30.4 Å². The lowest BCUT2D eigenvalue weighted by atomic mass is 10.2. The van der Waals surface area contributed by atoms with E-state index >= 15 is 0 Å². The molecule has 2 aromatic heterocycles. The number of ether oxygens (including phenoxy) is 1. The maximum atomic E-state index is 12.4. The zero-order chi connectivity index (χ0) is 20.6. The summed E-state index contributed by atoms with van der Waals surface area (Å²) in [4.78, 5) is 19.1. The molecule has 28 heavy (non-hydrogen) atoms. The Hall–Kier alpha value is -2.23. The summed E-state index contributed by atoms with van der Waals surface area (Å²) in [5, 5.41) is 0. The number of nitrogens with zero attached hydrogens (tertiary/aromatic N) is 3. The first-order valence-corrected chi connectivity index (χ1v) is 11.1. The maximum absolute atomic E-state index is 12.4. The van der Waals surface area contributed by atoms with Gasteiger partial charge in [-0.3, -0.25) is 0 Å². The van der Waals surface area contributed by atoms with Gasteiger partial charge in [0.15, 0.2) is 0 Å². The van der Waals surface area contributed by atoms with Crippen molar-refractivity contribution in [3.63, 3.8) is 0 Å². The van der Waals surface area contributed by atoms with Crippen LogP contribution in [0.2, 0.25) is 0 Å². The zero-order valence-electron chi connectivity index (χ0n) is 16.5. The van der Waals surface area contributed by atoms with E-state index in [4.69, 9.17) is 4.74 Å². The minimum absolute atomic E-state index is 0.0193. The Morgan fingerprint density at radius 1 is 1.25 bits per heavy atom. The van der Waals surface area contributed by atoms with E-state index in [2.05, 4.69) is 4.98 Å². The van der Waals surface area contributed by atoms with E-state index in [-0.39, 0.29) is 17.5 Å². The molecule has 0 spiro atoms. The molecule has 0 radical (unpaired) electrons. The molecule has 0 aliphatic carbocycles. The number of rotatable bonds is 6. The summed E-state index contributed by atoms with van der Waals surface area (Å²) in [5.41, 5.74) is 1.92. The number of imidazole rings is 1. The Balaban J connectivity index is 1.91. The molecule has 1 aromatic carbocycles. The molecule has 2 heterocycles. The summed E-state index contributed by atoms with van der Waals surface area (Å²) in [6.45, 7) is 6.45. The Morgan fingerprint density at radius 2 is 1.96 bits per heavy atom. The molecule has 0 N–H and O–H groups in total. The van der Waals surface area contributed by atoms with Crippen LogP contribution < -0.4 is 0 Å². The molecule has 0 saturated carbocycles. The van der Waals surface area contributed by atoms with E-state index in [1.165, 1.54) is 18.4 Å². The number of thiophene rings is 1. The van der Waals surface area contributed by atoms with Crippen molar-refractivity contribution in [3.8, 4) is 0 Å². The second kappa shape index (κ2) is 7.65. The van der Waals surface area contributed by atoms with Crippen molar-refractivity contribution in [2.45, 2.75) is 38.8 Å². The van der Waals surface area contributed by atoms with Crippen LogP contribution in [0.15, 0.2) is 29.2 Å². The van der Waals surface area contributed by atoms with Crippen LogP contribution in [0.1, 0.15) is 32.9 Å². The average Bonchev–Trinajstić information content (AvgIpc) is 3.17. The number of hydrogen-bond donors (Lipinski definition) is 0. The van der Waals surface area contributed by atoms with Crippen molar-refractivity contribution >= 4 is 38.4 Å². The predicted molar refractivity (Wildman–Crippen MR) is 109 cm³/mol. The molecule has 0 atom stereocenters. The van der Waals surface area contributed by atoms with Crippen molar-refractivity contribution in [1.29, 1.82) is 0 Å². The third kappa shape index (κ3) is 3.69. The Labute approximate surface area is 168 Å². The summed E-state index contributed by atoms with van der Waals surface area (Å²) < 4.78 is 33.3. The van der Waals surface area contributed by atoms with Crippen LogP contribution in [0.3, 0.4) is 0 Å². The highest BCUT2D eigenvalue weighted by molar-refractivity contribution is 7.89. The van der Waals surface area contributed by atoms with Crippen molar-refractivity contribution in [2.75, 3.05) is 14.1 Å². The Morgan fingerprint density at radius 3 is 2.54 bits per heavy atom. The summed E-state index contributed by atoms with van der Waals surface area (Å²) in [6.07, 6.45) is 0. The molecule has 150 valence electrons. The van der Waals surface area contributed by atoms with Crippen molar-refractivity contribution in [2.24, 2.45) is 0 Å². The summed E-state index contributed by atoms with van der Waals surface area (Å²) in [5.74, 6) is 0.197. The van der Waals surface area contributed by atoms with Gasteiger partial charge in [0.25, 0.3) is 0 Å². The van der Waals surface area contributed by atoms with Crippen molar-refractivity contribution in [3.05, 3.63) is 45.4 Å². The molecule has 9 heteroatoms. The molecule has 3 aromatic rings. The smallest absolute Gasteiger partial charge is 0.339 e. The first-order valence-electron chi connectivity index (χ1n) is 8.81. The standard InChI is InChI=1S/C19H23N3O4S2/c1-6-22-17-8-7-14(28(24,25)21(4)5)10-16(17)20-18(22)11-26-19(23)15-9-12(2)27-13(15)3/h7-10H,6,11H2,1-5H3. The molecule has 0 saturated heterocycles. The van der Waals surface area contributed by atoms with E-state index < -0.39 is 10.0 Å². The lowest BCUT2D eigenvalue weighted by Crippen LogP contribution is -2.22. The van der Waals surface area contributed by atoms with Crippen molar-refractivity contribution < 1.29 is 17.9 Å². The average molecular weight is 422 g/mol. The molecule has 0 unspecified atom stereocenters. The number of sulfonamides is 1. The highest BCUT2D eigenvalue weighted by Crippen LogP contribution is 2.24. The van der Waals surface area contributed by atoms with Gasteiger partial charge in [0.2, 0.25) is 10.0 Å². The number of esters is 1. The van der Waals surface area contributed by atoms with Crippen LogP contribution in [0.4, 0.5) is 0 Å². The van der Waals surface area contributed by atoms with Gasteiger partial charge in [-0.05, 0) is 45.0 Å². The van der Waals surface area contributed by atoms with Crippen LogP contribution in [0.5, 0.6) is 0 Å². The molecular weight excluding hydrogens is 398 g/mol. The summed E-state index contributed by atoms with van der Waals surface area (Å²) >= 11 is 1.55. The van der Waals surface area contributed by atoms with Gasteiger partial charge in [-0.2, -0.15) is 0 Å². The third-order valence-corrected chi connectivity index (χ3v) is 7.26. The first-order chi connectivity index (χ1) is 13.1. The van der Waals surface area contributed by atoms with E-state index in [0.29, 0.717) is 23.4 Å². The topological polar surface area (TPSA) is 81.5 Å². The van der Waals surface area contributed by atoms with Gasteiger partial charge < -0.3 is 9.30 Å². The van der Waals surface area contributed by atoms with Crippen molar-refractivity contribution in [1.82, 2.24) is 13.9 Å². The van der Waals surface area contributed by atoms with Crippen LogP contribution in [-0.4, -0.2) is 42.3 Å². The SMILES string of the molecule is CCn1c(COC(=O)c2cc(C)sc2C)nc2cc(S(=O)(=O)N(C)C)ccc21. The quantitative estimate of drug-likeness (QED) is 0.570. The van der Waals surface area contributed by atoms with Gasteiger partial charge in [-0.1, -0.05) is 0 Å². The van der Waals surface area contributed by atoms with Crippen LogP contribution in [-0.2, 0) is 27.9 Å². The van der Waals surface area contributed by atoms with Crippen LogP contribution >= 0.6 is 11.3 Å². The predicted octanol–water partition coefficient (Wildman–Crippen LogP) is 3.34. The number of carbonyl (C=O) groups excluding carboxylic acids is 1. The fraction of sp³-hybridized carbons (Fsp3) is 0.368. The number of aromatic nitrogens is 2. The maximum Gasteiger partial charge on any atom is 0.339 e. The molecule has 0 fully saturated rings. The second-order valence-electron chi connectivity index (χ2n) is 6.61. The first kappa shape index (κ1) is 20.5. The van der Waals surface area contributed by atoms with Gasteiger partial charge >= 0.3 is 5.97 Å². The number of fused-ring (bicyclic) bond motifs is 1. The van der Waals surface area contributed by atoms with Gasteiger partial charge in [0.05, 0.1) is 21.5 Å². The normalized spacial score (nSPS) is 12.1. The summed E-state index contributed by atoms with van der Waals surface area (Å²) in [7, 11) is -0.564. The largest absolute Gasteiger partial charge is 0.454 e. The molecule has 7 nitrogen and oxygen atoms in total. The van der Waals surface area contributed by atoms with E-state index in [9.17, 15) is 13.2 Å². The molecule has 0 bridgehead atoms. The molecule has 3 rings (SSSR count). The van der Waals surface area contributed by atoms with Crippen LogP contribution in [0, 0.1) is 13.8 Å². The minimum Gasteiger partial charge on any atom is -0.454 e. The number of benzene rings is 1. The Kier molecular flexibility index (Phi) is 5.60. The Bertz CT molecular complexity index is 1140. The number of hydrogen-bond acceptors (Lipinski definition) is 6. The fourth-order valence-corrected chi connectivity index (χ4v) is 4.87. The van der Waals surface area contributed by atoms with Gasteiger partial charge in [0.1, 0.15) is 12.4 Å². The lowest BCUT2D eigenvalue weighted by molar-refractivity contribution is 0.0458. The van der Waals surface area contributed by atoms with Gasteiger partial charge in [-0.25, -0.2) is 22.5 Å². The second-order valence-corrected chi connectivity index (χ2v) is 10.2. The third-order valence-electron chi connectivity index (χ3n) is 4.49. The fourth-order valence-electron chi connectivity index (χ4n) is 3.04. The monoisotopic (exact) mass is 421 g/mol. The molecule has 0 amide bonds. The zero-order valence-corrected chi connectivity index (χ0v) is 18.1. The highest BCUT2D eigenvalue weighted by Gasteiger charge is 2.20. The van der Waals surface area contributed by atoms with Gasteiger partial charge in [-0.15, -0.1) is 11.3 Å². The summed E-state index contributed by atoms with van der Waals surface area (Å²) in [6, 6.07) is 6.68. The number of carbonyl (C=O) groups is 1. The molecule has 0 aliphatic rings. The lowest BCUT2D eigenvalue weighted by Gasteiger charge is -2.11. The van der Waals surface area contributed by atoms with E-state index in [0.717, 1.165) is 15.3 Å². The van der Waals surface area contributed by atoms with Crippen LogP contribution in [0.25, 0.3) is 11.0 Å².